The van der Waals surface area contributed by atoms with E-state index in [2.05, 4.69) is 17.1 Å². The van der Waals surface area contributed by atoms with Gasteiger partial charge < -0.3 is 16.0 Å². The predicted molar refractivity (Wildman–Crippen MR) is 89.4 cm³/mol. The molecular weight excluding hydrogens is 274 g/mol. The van der Waals surface area contributed by atoms with Gasteiger partial charge in [-0.3, -0.25) is 4.79 Å². The van der Waals surface area contributed by atoms with Crippen LogP contribution in [0.5, 0.6) is 0 Å². The smallest absolute Gasteiger partial charge is 0.224 e. The van der Waals surface area contributed by atoms with Gasteiger partial charge in [0, 0.05) is 18.6 Å². The van der Waals surface area contributed by atoms with Crippen LogP contribution in [-0.4, -0.2) is 42.5 Å². The third-order valence-corrected chi connectivity index (χ3v) is 6.40. The average molecular weight is 307 g/mol. The van der Waals surface area contributed by atoms with E-state index < -0.39 is 0 Å². The van der Waals surface area contributed by atoms with E-state index >= 15 is 0 Å². The highest BCUT2D eigenvalue weighted by Crippen LogP contribution is 2.47. The van der Waals surface area contributed by atoms with Gasteiger partial charge in [0.15, 0.2) is 0 Å². The number of hydrogen-bond donors (Lipinski definition) is 2. The van der Waals surface area contributed by atoms with Gasteiger partial charge in [0.2, 0.25) is 5.91 Å². The van der Waals surface area contributed by atoms with E-state index in [1.54, 1.807) is 0 Å². The highest BCUT2D eigenvalue weighted by atomic mass is 16.1. The van der Waals surface area contributed by atoms with E-state index in [-0.39, 0.29) is 17.9 Å². The number of carbonyl (C=O) groups excluding carboxylic acids is 1. The number of nitrogens with two attached hydrogens (primary N) is 1. The molecule has 3 aliphatic rings. The van der Waals surface area contributed by atoms with Crippen molar-refractivity contribution < 1.29 is 4.79 Å². The summed E-state index contributed by atoms with van der Waals surface area (Å²) in [6.45, 7) is 5.61. The second kappa shape index (κ2) is 7.31. The van der Waals surface area contributed by atoms with Crippen molar-refractivity contribution in [2.75, 3.05) is 19.6 Å². The summed E-state index contributed by atoms with van der Waals surface area (Å²) in [7, 11) is 0. The monoisotopic (exact) mass is 307 g/mol. The lowest BCUT2D eigenvalue weighted by Crippen LogP contribution is -2.45. The zero-order chi connectivity index (χ0) is 15.5. The molecule has 3 rings (SSSR count). The molecule has 4 nitrogen and oxygen atoms in total. The first kappa shape index (κ1) is 16.3. The van der Waals surface area contributed by atoms with Crippen molar-refractivity contribution in [3.8, 4) is 0 Å². The molecule has 1 aliphatic heterocycles. The number of carbonyl (C=O) groups is 1. The number of unbranched alkanes of at least 4 members (excludes halogenated alkanes) is 1. The summed E-state index contributed by atoms with van der Waals surface area (Å²) in [5, 5.41) is 3.15. The highest BCUT2D eigenvalue weighted by molar-refractivity contribution is 5.80. The first-order valence-corrected chi connectivity index (χ1v) is 9.44. The van der Waals surface area contributed by atoms with E-state index in [9.17, 15) is 4.79 Å². The first-order valence-electron chi connectivity index (χ1n) is 9.44. The summed E-state index contributed by atoms with van der Waals surface area (Å²) in [4.78, 5) is 15.0. The Morgan fingerprint density at radius 1 is 1.18 bits per heavy atom. The van der Waals surface area contributed by atoms with Crippen LogP contribution in [0.2, 0.25) is 0 Å². The molecule has 2 bridgehead atoms. The fourth-order valence-electron chi connectivity index (χ4n) is 4.98. The lowest BCUT2D eigenvalue weighted by Gasteiger charge is -2.33. The molecule has 0 radical (unpaired) electrons. The third-order valence-electron chi connectivity index (χ3n) is 6.40. The van der Waals surface area contributed by atoms with Gasteiger partial charge in [0.1, 0.15) is 0 Å². The Balaban J connectivity index is 1.31. The molecule has 1 saturated heterocycles. The molecule has 0 spiro atoms. The maximum absolute atomic E-state index is 12.4. The molecule has 126 valence electrons. The van der Waals surface area contributed by atoms with E-state index in [1.165, 1.54) is 58.0 Å². The van der Waals surface area contributed by atoms with Gasteiger partial charge in [-0.25, -0.2) is 0 Å². The van der Waals surface area contributed by atoms with Gasteiger partial charge in [-0.05, 0) is 76.8 Å². The third kappa shape index (κ3) is 3.48. The standard InChI is InChI=1S/C18H33N3O/c1-13-6-2-4-10-21(13)11-5-3-9-20-18(22)16-14-7-8-15(12-14)17(16)19/h13-17H,2-12,19H2,1H3,(H,20,22). The lowest BCUT2D eigenvalue weighted by molar-refractivity contribution is -0.127. The molecule has 1 heterocycles. The van der Waals surface area contributed by atoms with Gasteiger partial charge in [0.05, 0.1) is 5.92 Å². The zero-order valence-electron chi connectivity index (χ0n) is 14.1. The minimum Gasteiger partial charge on any atom is -0.356 e. The second-order valence-electron chi connectivity index (χ2n) is 7.82. The van der Waals surface area contributed by atoms with Gasteiger partial charge in [-0.1, -0.05) is 6.42 Å². The summed E-state index contributed by atoms with van der Waals surface area (Å²) >= 11 is 0. The second-order valence-corrected chi connectivity index (χ2v) is 7.82. The number of likely N-dealkylation sites (tertiary alicyclic amines) is 1. The van der Waals surface area contributed by atoms with E-state index in [4.69, 9.17) is 5.73 Å². The molecule has 2 saturated carbocycles. The van der Waals surface area contributed by atoms with Crippen molar-refractivity contribution in [3.05, 3.63) is 0 Å². The molecule has 3 N–H and O–H groups in total. The van der Waals surface area contributed by atoms with Crippen molar-refractivity contribution in [3.63, 3.8) is 0 Å². The molecule has 3 fully saturated rings. The number of nitrogens with one attached hydrogen (secondary N) is 1. The molecule has 5 atom stereocenters. The Labute approximate surface area is 135 Å². The van der Waals surface area contributed by atoms with E-state index in [0.29, 0.717) is 11.8 Å². The quantitative estimate of drug-likeness (QED) is 0.739. The number of piperidine rings is 1. The molecular formula is C18H33N3O. The normalized spacial score (nSPS) is 38.4. The van der Waals surface area contributed by atoms with Crippen LogP contribution in [0, 0.1) is 17.8 Å². The predicted octanol–water partition coefficient (Wildman–Crippen LogP) is 2.13. The fourth-order valence-corrected chi connectivity index (χ4v) is 4.98. The summed E-state index contributed by atoms with van der Waals surface area (Å²) in [5.74, 6) is 1.50. The number of fused-ring (bicyclic) bond motifs is 2. The summed E-state index contributed by atoms with van der Waals surface area (Å²) < 4.78 is 0. The average Bonchev–Trinajstić information content (AvgIpc) is 3.09. The van der Waals surface area contributed by atoms with Crippen LogP contribution in [0.25, 0.3) is 0 Å². The van der Waals surface area contributed by atoms with Gasteiger partial charge in [-0.2, -0.15) is 0 Å². The Kier molecular flexibility index (Phi) is 5.40. The first-order chi connectivity index (χ1) is 10.7. The minimum absolute atomic E-state index is 0.0980. The highest BCUT2D eigenvalue weighted by Gasteiger charge is 2.48. The van der Waals surface area contributed by atoms with Crippen LogP contribution < -0.4 is 11.1 Å². The van der Waals surface area contributed by atoms with Crippen LogP contribution in [0.3, 0.4) is 0 Å². The molecule has 0 aromatic heterocycles. The van der Waals surface area contributed by atoms with Crippen LogP contribution in [-0.2, 0) is 4.79 Å². The van der Waals surface area contributed by atoms with Gasteiger partial charge >= 0.3 is 0 Å². The lowest BCUT2D eigenvalue weighted by atomic mass is 9.84. The summed E-state index contributed by atoms with van der Waals surface area (Å²) in [6.07, 6.45) is 10.00. The number of rotatable bonds is 6. The maximum atomic E-state index is 12.4. The molecule has 0 aromatic carbocycles. The van der Waals surface area contributed by atoms with Crippen molar-refractivity contribution in [1.82, 2.24) is 10.2 Å². The summed E-state index contributed by atoms with van der Waals surface area (Å²) in [5.41, 5.74) is 6.24. The van der Waals surface area contributed by atoms with Crippen molar-refractivity contribution in [2.45, 2.75) is 70.4 Å². The van der Waals surface area contributed by atoms with Crippen LogP contribution in [0.1, 0.15) is 58.3 Å². The van der Waals surface area contributed by atoms with Crippen LogP contribution >= 0.6 is 0 Å². The van der Waals surface area contributed by atoms with E-state index in [0.717, 1.165) is 19.0 Å². The Morgan fingerprint density at radius 2 is 2.00 bits per heavy atom. The minimum atomic E-state index is 0.0980. The molecule has 5 unspecified atom stereocenters. The fraction of sp³-hybridized carbons (Fsp3) is 0.944. The topological polar surface area (TPSA) is 58.4 Å². The molecule has 22 heavy (non-hydrogen) atoms. The SMILES string of the molecule is CC1CCCCN1CCCCNC(=O)C1C2CCC(C2)C1N. The molecule has 2 aliphatic carbocycles. The number of amides is 1. The van der Waals surface area contributed by atoms with Crippen molar-refractivity contribution >= 4 is 5.91 Å². The Hall–Kier alpha value is -0.610. The van der Waals surface area contributed by atoms with E-state index in [1.807, 2.05) is 0 Å². The zero-order valence-corrected chi connectivity index (χ0v) is 14.1. The van der Waals surface area contributed by atoms with Crippen molar-refractivity contribution in [1.29, 1.82) is 0 Å². The Morgan fingerprint density at radius 3 is 2.73 bits per heavy atom. The van der Waals surface area contributed by atoms with Crippen LogP contribution in [0.15, 0.2) is 0 Å². The number of nitrogens with zero attached hydrogens (tertiary/aromatic N) is 1. The van der Waals surface area contributed by atoms with Gasteiger partial charge in [-0.15, -0.1) is 0 Å². The van der Waals surface area contributed by atoms with Crippen molar-refractivity contribution in [2.24, 2.45) is 23.5 Å². The molecule has 0 aromatic rings. The maximum Gasteiger partial charge on any atom is 0.224 e. The Bertz CT molecular complexity index is 385. The van der Waals surface area contributed by atoms with Gasteiger partial charge in [0.25, 0.3) is 0 Å². The summed E-state index contributed by atoms with van der Waals surface area (Å²) in [6, 6.07) is 0.864. The largest absolute Gasteiger partial charge is 0.356 e. The number of hydrogen-bond acceptors (Lipinski definition) is 3. The molecule has 1 amide bonds. The van der Waals surface area contributed by atoms with Crippen LogP contribution in [0.4, 0.5) is 0 Å². The molecule has 4 heteroatoms.